The largest absolute Gasteiger partial charge is 0.0710 e. The Balaban J connectivity index is 2.12. The molecule has 0 atom stereocenters. The fourth-order valence-corrected chi connectivity index (χ4v) is 1.26. The molecule has 0 bridgehead atoms. The third kappa shape index (κ3) is 0.683. The molecule has 0 spiro atoms. The molecule has 0 nitrogen and oxygen atoms in total. The van der Waals surface area contributed by atoms with Crippen LogP contribution < -0.4 is 0 Å². The zero-order valence-electron chi connectivity index (χ0n) is 5.41. The quantitative estimate of drug-likeness (QED) is 0.453. The molecule has 0 N–H and O–H groups in total. The molecule has 0 heteroatoms. The minimum atomic E-state index is 1.03. The number of hydrogen-bond donors (Lipinski definition) is 0. The van der Waals surface area contributed by atoms with Gasteiger partial charge in [0.2, 0.25) is 0 Å². The first-order chi connectivity index (χ1) is 3.88. The Morgan fingerprint density at radius 1 is 1.38 bits per heavy atom. The highest BCUT2D eigenvalue weighted by atomic mass is 14.3. The van der Waals surface area contributed by atoms with E-state index in [0.29, 0.717) is 0 Å². The molecular weight excluding hydrogens is 96.1 g/mol. The molecule has 0 amide bonds. The minimum absolute atomic E-state index is 1.03. The summed E-state index contributed by atoms with van der Waals surface area (Å²) in [5.74, 6) is 1.03. The van der Waals surface area contributed by atoms with Crippen molar-refractivity contribution in [2.75, 3.05) is 0 Å². The first-order valence-corrected chi connectivity index (χ1v) is 3.56. The molecule has 0 aromatic heterocycles. The average Bonchev–Trinajstić information content (AvgIpc) is 2.63. The van der Waals surface area contributed by atoms with Gasteiger partial charge in [-0.05, 0) is 38.5 Å². The lowest BCUT2D eigenvalue weighted by Gasteiger charge is -1.90. The van der Waals surface area contributed by atoms with Crippen LogP contribution in [-0.4, -0.2) is 0 Å². The summed E-state index contributed by atoms with van der Waals surface area (Å²) >= 11 is 0. The van der Waals surface area contributed by atoms with E-state index in [1.54, 1.807) is 11.1 Å². The van der Waals surface area contributed by atoms with Crippen LogP contribution >= 0.6 is 0 Å². The Morgan fingerprint density at radius 3 is 2.38 bits per heavy atom. The second-order valence-corrected chi connectivity index (χ2v) is 3.06. The maximum absolute atomic E-state index is 2.32. The molecule has 2 rings (SSSR count). The Labute approximate surface area is 50.6 Å². The lowest BCUT2D eigenvalue weighted by Crippen LogP contribution is -1.74. The van der Waals surface area contributed by atoms with E-state index in [2.05, 4.69) is 6.92 Å². The van der Waals surface area contributed by atoms with Crippen LogP contribution in [0, 0.1) is 5.92 Å². The van der Waals surface area contributed by atoms with Crippen molar-refractivity contribution in [1.29, 1.82) is 0 Å². The molecule has 0 saturated heterocycles. The SMILES string of the molecule is CC(=C1CC1)C1CC1. The van der Waals surface area contributed by atoms with E-state index in [1.165, 1.54) is 25.7 Å². The van der Waals surface area contributed by atoms with Crippen molar-refractivity contribution < 1.29 is 0 Å². The van der Waals surface area contributed by atoms with Gasteiger partial charge in [0, 0.05) is 0 Å². The van der Waals surface area contributed by atoms with Crippen LogP contribution in [0.25, 0.3) is 0 Å². The molecule has 0 aromatic carbocycles. The molecule has 0 heterocycles. The highest BCUT2D eigenvalue weighted by Crippen LogP contribution is 2.43. The fourth-order valence-electron chi connectivity index (χ4n) is 1.26. The predicted octanol–water partition coefficient (Wildman–Crippen LogP) is 2.51. The molecule has 0 radical (unpaired) electrons. The zero-order chi connectivity index (χ0) is 5.56. The lowest BCUT2D eigenvalue weighted by molar-refractivity contribution is 0.996. The Bertz CT molecular complexity index is 132. The van der Waals surface area contributed by atoms with E-state index in [4.69, 9.17) is 0 Å². The second kappa shape index (κ2) is 1.37. The molecule has 44 valence electrons. The van der Waals surface area contributed by atoms with Gasteiger partial charge in [-0.25, -0.2) is 0 Å². The van der Waals surface area contributed by atoms with Crippen LogP contribution in [0.2, 0.25) is 0 Å². The summed E-state index contributed by atoms with van der Waals surface area (Å²) in [6, 6.07) is 0. The summed E-state index contributed by atoms with van der Waals surface area (Å²) in [5, 5.41) is 0. The summed E-state index contributed by atoms with van der Waals surface area (Å²) in [7, 11) is 0. The highest BCUT2D eigenvalue weighted by molar-refractivity contribution is 5.27. The van der Waals surface area contributed by atoms with Gasteiger partial charge in [0.1, 0.15) is 0 Å². The van der Waals surface area contributed by atoms with E-state index in [9.17, 15) is 0 Å². The van der Waals surface area contributed by atoms with Gasteiger partial charge in [-0.1, -0.05) is 11.1 Å². The molecule has 2 fully saturated rings. The smallest absolute Gasteiger partial charge is 0.0203 e. The predicted molar refractivity (Wildman–Crippen MR) is 34.7 cm³/mol. The summed E-state index contributed by atoms with van der Waals surface area (Å²) in [5.41, 5.74) is 3.51. The molecular formula is C8H12. The van der Waals surface area contributed by atoms with Crippen LogP contribution in [0.5, 0.6) is 0 Å². The fraction of sp³-hybridized carbons (Fsp3) is 0.750. The third-order valence-electron chi connectivity index (χ3n) is 2.25. The van der Waals surface area contributed by atoms with E-state index < -0.39 is 0 Å². The normalized spacial score (nSPS) is 25.9. The standard InChI is InChI=1S/C8H12/c1-6(7-2-3-7)8-4-5-8/h7H,2-5H2,1H3. The molecule has 2 aliphatic rings. The van der Waals surface area contributed by atoms with Gasteiger partial charge >= 0.3 is 0 Å². The van der Waals surface area contributed by atoms with Gasteiger partial charge in [-0.15, -0.1) is 0 Å². The first-order valence-electron chi connectivity index (χ1n) is 3.56. The van der Waals surface area contributed by atoms with Gasteiger partial charge in [-0.2, -0.15) is 0 Å². The van der Waals surface area contributed by atoms with Gasteiger partial charge in [0.15, 0.2) is 0 Å². The monoisotopic (exact) mass is 108 g/mol. The zero-order valence-corrected chi connectivity index (χ0v) is 5.41. The number of allylic oxidation sites excluding steroid dienone is 2. The van der Waals surface area contributed by atoms with Crippen molar-refractivity contribution in [3.05, 3.63) is 11.1 Å². The van der Waals surface area contributed by atoms with Crippen molar-refractivity contribution in [3.63, 3.8) is 0 Å². The van der Waals surface area contributed by atoms with E-state index in [1.807, 2.05) is 0 Å². The Kier molecular flexibility index (Phi) is 0.787. The minimum Gasteiger partial charge on any atom is -0.0710 e. The third-order valence-corrected chi connectivity index (χ3v) is 2.25. The van der Waals surface area contributed by atoms with Gasteiger partial charge in [-0.3, -0.25) is 0 Å². The van der Waals surface area contributed by atoms with Crippen LogP contribution in [-0.2, 0) is 0 Å². The van der Waals surface area contributed by atoms with Crippen LogP contribution in [0.3, 0.4) is 0 Å². The molecule has 2 saturated carbocycles. The van der Waals surface area contributed by atoms with Crippen molar-refractivity contribution in [2.45, 2.75) is 32.6 Å². The maximum Gasteiger partial charge on any atom is -0.0203 e. The van der Waals surface area contributed by atoms with Gasteiger partial charge in [0.25, 0.3) is 0 Å². The number of rotatable bonds is 1. The highest BCUT2D eigenvalue weighted by Gasteiger charge is 2.28. The maximum atomic E-state index is 2.32. The first kappa shape index (κ1) is 4.60. The van der Waals surface area contributed by atoms with Crippen LogP contribution in [0.15, 0.2) is 11.1 Å². The van der Waals surface area contributed by atoms with Gasteiger partial charge in [0.05, 0.1) is 0 Å². The summed E-state index contributed by atoms with van der Waals surface area (Å²) in [6.45, 7) is 2.32. The molecule has 0 unspecified atom stereocenters. The van der Waals surface area contributed by atoms with Crippen LogP contribution in [0.1, 0.15) is 32.6 Å². The summed E-state index contributed by atoms with van der Waals surface area (Å²) in [6.07, 6.45) is 5.80. The summed E-state index contributed by atoms with van der Waals surface area (Å²) in [4.78, 5) is 0. The average molecular weight is 108 g/mol. The Hall–Kier alpha value is -0.260. The van der Waals surface area contributed by atoms with Gasteiger partial charge < -0.3 is 0 Å². The van der Waals surface area contributed by atoms with Crippen molar-refractivity contribution in [1.82, 2.24) is 0 Å². The number of hydrogen-bond acceptors (Lipinski definition) is 0. The van der Waals surface area contributed by atoms with Crippen molar-refractivity contribution >= 4 is 0 Å². The second-order valence-electron chi connectivity index (χ2n) is 3.06. The molecule has 0 aromatic rings. The van der Waals surface area contributed by atoms with Crippen LogP contribution in [0.4, 0.5) is 0 Å². The van der Waals surface area contributed by atoms with E-state index in [0.717, 1.165) is 5.92 Å². The topological polar surface area (TPSA) is 0 Å². The van der Waals surface area contributed by atoms with Crippen molar-refractivity contribution in [2.24, 2.45) is 5.92 Å². The van der Waals surface area contributed by atoms with Crippen molar-refractivity contribution in [3.8, 4) is 0 Å². The molecule has 0 aliphatic heterocycles. The van der Waals surface area contributed by atoms with E-state index in [-0.39, 0.29) is 0 Å². The Morgan fingerprint density at radius 2 is 2.00 bits per heavy atom. The molecule has 2 aliphatic carbocycles. The lowest BCUT2D eigenvalue weighted by atomic mass is 10.2. The van der Waals surface area contributed by atoms with E-state index >= 15 is 0 Å². The molecule has 8 heavy (non-hydrogen) atoms. The summed E-state index contributed by atoms with van der Waals surface area (Å²) < 4.78 is 0.